The molecule has 0 aliphatic heterocycles. The number of rotatable bonds is 24. The lowest BCUT2D eigenvalue weighted by Gasteiger charge is -2.20. The fourth-order valence-corrected chi connectivity index (χ4v) is 10.4. The number of para-hydroxylation sites is 2. The van der Waals surface area contributed by atoms with Crippen molar-refractivity contribution in [1.82, 2.24) is 9.13 Å². The van der Waals surface area contributed by atoms with E-state index in [1.807, 2.05) is 158 Å². The topological polar surface area (TPSA) is 318 Å². The Labute approximate surface area is 492 Å². The monoisotopic (exact) mass is 1170 g/mol. The predicted molar refractivity (Wildman–Crippen MR) is 325 cm³/mol. The molecule has 0 unspecified atom stereocenters. The normalized spacial score (nSPS) is 12.3. The number of carbonyl (C=O) groups excluding carboxylic acids is 2. The highest BCUT2D eigenvalue weighted by molar-refractivity contribution is 6.13. The van der Waals surface area contributed by atoms with Crippen molar-refractivity contribution in [1.29, 1.82) is 0 Å². The number of nitrogens with one attached hydrogen (secondary N) is 2. The predicted octanol–water partition coefficient (Wildman–Crippen LogP) is 10.2. The minimum absolute atomic E-state index is 0. The van der Waals surface area contributed by atoms with Crippen LogP contribution in [0.15, 0.2) is 170 Å². The van der Waals surface area contributed by atoms with Crippen molar-refractivity contribution >= 4 is 35.1 Å². The van der Waals surface area contributed by atoms with Gasteiger partial charge in [0.05, 0.1) is 59.8 Å². The first kappa shape index (κ1) is 68.8. The van der Waals surface area contributed by atoms with E-state index < -0.39 is 49.2 Å². The second kappa shape index (κ2) is 32.4. The van der Waals surface area contributed by atoms with Gasteiger partial charge in [0.2, 0.25) is 0 Å². The van der Waals surface area contributed by atoms with E-state index in [4.69, 9.17) is 10.2 Å². The van der Waals surface area contributed by atoms with Crippen LogP contribution in [0.3, 0.4) is 0 Å². The first-order valence-electron chi connectivity index (χ1n) is 27.3. The summed E-state index contributed by atoms with van der Waals surface area (Å²) in [5, 5.41) is 65.6. The molecule has 8 rings (SSSR count). The number of carboxylic acid groups (broad SMARTS) is 2. The van der Waals surface area contributed by atoms with Crippen molar-refractivity contribution in [2.75, 3.05) is 10.6 Å². The van der Waals surface area contributed by atoms with Crippen LogP contribution in [-0.2, 0) is 22.7 Å². The van der Waals surface area contributed by atoms with Gasteiger partial charge in [-0.25, -0.2) is 8.78 Å². The molecule has 0 aliphatic carbocycles. The van der Waals surface area contributed by atoms with Crippen LogP contribution in [0.25, 0.3) is 44.8 Å². The van der Waals surface area contributed by atoms with E-state index in [1.165, 1.54) is 24.3 Å². The molecule has 0 aliphatic rings. The van der Waals surface area contributed by atoms with Crippen LogP contribution in [0.5, 0.6) is 0 Å². The van der Waals surface area contributed by atoms with Crippen LogP contribution in [0.4, 0.5) is 20.2 Å². The standard InChI is InChI=1S/2C33H35FN2O5.3H2O/c2*1-21(2)31-30(33(41)35-25-11-7-4-8-12-25)29(22-9-5-3-6-10-22)32(23-13-15-24(34)16-14-23)36(31)18-17-26(37)19-27(38)20-28(39)40;;;/h2*3-16,21,26-27,37-38H,17-20H2,1-2H3,(H,35,41)(H,39,40);3*1H2/t2*26-,27-;;;/m11.../s1. The number of nitrogens with zero attached hydrogens (tertiary/aromatic N) is 2. The Bertz CT molecular complexity index is 3170. The van der Waals surface area contributed by atoms with Gasteiger partial charge in [0.1, 0.15) is 11.6 Å². The number of aromatic nitrogens is 2. The van der Waals surface area contributed by atoms with E-state index in [0.29, 0.717) is 56.1 Å². The van der Waals surface area contributed by atoms with Crippen LogP contribution in [0.2, 0.25) is 0 Å². The summed E-state index contributed by atoms with van der Waals surface area (Å²) in [5.41, 5.74) is 9.55. The molecule has 0 bridgehead atoms. The number of aliphatic hydroxyl groups excluding tert-OH is 4. The Morgan fingerprint density at radius 3 is 1.00 bits per heavy atom. The fourth-order valence-electron chi connectivity index (χ4n) is 10.4. The van der Waals surface area contributed by atoms with Crippen molar-refractivity contribution in [2.24, 2.45) is 0 Å². The van der Waals surface area contributed by atoms with Gasteiger partial charge in [-0.05, 0) is 133 Å². The fraction of sp³-hybridized carbons (Fsp3) is 0.273. The maximum absolute atomic E-state index is 14.0. The zero-order valence-corrected chi connectivity index (χ0v) is 47.8. The minimum atomic E-state index is -1.18. The Hall–Kier alpha value is -8.66. The number of carbonyl (C=O) groups is 4. The zero-order chi connectivity index (χ0) is 59.0. The van der Waals surface area contributed by atoms with E-state index in [2.05, 4.69) is 10.6 Å². The zero-order valence-electron chi connectivity index (χ0n) is 47.8. The average molecular weight is 1170 g/mol. The molecule has 19 heteroatoms. The number of aliphatic carboxylic acids is 2. The SMILES string of the molecule is CC(C)c1c(C(=O)Nc2ccccc2)c(-c2ccccc2)c(-c2ccc(F)cc2)n1CC[C@@H](O)C[C@@H](O)CC(=O)O.CC(C)c1c(C(=O)Nc2ccccc2)c(-c2ccccc2)c(-c2ccc(F)cc2)n1CC[C@@H](O)C[C@@H](O)CC(=O)O.O.O.O. The summed E-state index contributed by atoms with van der Waals surface area (Å²) in [6.07, 6.45) is -5.01. The van der Waals surface area contributed by atoms with Gasteiger partial charge in [-0.1, -0.05) is 125 Å². The second-order valence-electron chi connectivity index (χ2n) is 20.8. The summed E-state index contributed by atoms with van der Waals surface area (Å²) in [5.74, 6) is -3.87. The molecule has 2 amide bonds. The Morgan fingerprint density at radius 1 is 0.424 bits per heavy atom. The lowest BCUT2D eigenvalue weighted by molar-refractivity contribution is -0.140. The van der Waals surface area contributed by atoms with E-state index in [-0.39, 0.29) is 90.5 Å². The van der Waals surface area contributed by atoms with Crippen molar-refractivity contribution in [3.05, 3.63) is 204 Å². The molecule has 4 atom stereocenters. The molecule has 0 saturated carbocycles. The first-order valence-corrected chi connectivity index (χ1v) is 27.3. The maximum Gasteiger partial charge on any atom is 0.305 e. The van der Waals surface area contributed by atoms with Crippen LogP contribution < -0.4 is 10.6 Å². The lowest BCUT2D eigenvalue weighted by atomic mass is 9.94. The van der Waals surface area contributed by atoms with Gasteiger partial charge < -0.3 is 66.8 Å². The van der Waals surface area contributed by atoms with Gasteiger partial charge in [-0.15, -0.1) is 0 Å². The molecule has 452 valence electrons. The minimum Gasteiger partial charge on any atom is -0.481 e. The smallest absolute Gasteiger partial charge is 0.305 e. The number of anilines is 2. The molecule has 0 spiro atoms. The number of hydrogen-bond donors (Lipinski definition) is 8. The Kier molecular flexibility index (Phi) is 26.2. The second-order valence-corrected chi connectivity index (χ2v) is 20.8. The third-order valence-corrected chi connectivity index (χ3v) is 13.9. The van der Waals surface area contributed by atoms with Crippen LogP contribution in [0, 0.1) is 11.6 Å². The average Bonchev–Trinajstić information content (AvgIpc) is 2.07. The van der Waals surface area contributed by atoms with Gasteiger partial charge in [0.15, 0.2) is 0 Å². The third kappa shape index (κ3) is 18.2. The number of carboxylic acids is 2. The summed E-state index contributed by atoms with van der Waals surface area (Å²) in [4.78, 5) is 50.0. The molecule has 0 fully saturated rings. The number of halogens is 2. The van der Waals surface area contributed by atoms with Gasteiger partial charge in [0.25, 0.3) is 11.8 Å². The van der Waals surface area contributed by atoms with Crippen LogP contribution in [-0.4, -0.2) is 104 Å². The van der Waals surface area contributed by atoms with Crippen LogP contribution in [0.1, 0.15) is 110 Å². The van der Waals surface area contributed by atoms with Gasteiger partial charge in [-0.2, -0.15) is 0 Å². The molecular weight excluding hydrogens is 1090 g/mol. The molecule has 0 radical (unpaired) electrons. The highest BCUT2D eigenvalue weighted by atomic mass is 19.1. The quantitative estimate of drug-likeness (QED) is 0.0283. The highest BCUT2D eigenvalue weighted by Gasteiger charge is 2.33. The molecule has 14 N–H and O–H groups in total. The summed E-state index contributed by atoms with van der Waals surface area (Å²) in [6.45, 7) is 8.50. The maximum atomic E-state index is 14.0. The van der Waals surface area contributed by atoms with Crippen molar-refractivity contribution in [3.63, 3.8) is 0 Å². The van der Waals surface area contributed by atoms with Crippen molar-refractivity contribution < 1.29 is 75.0 Å². The van der Waals surface area contributed by atoms with E-state index in [1.54, 1.807) is 24.3 Å². The molecule has 17 nitrogen and oxygen atoms in total. The number of hydrogen-bond acceptors (Lipinski definition) is 8. The summed E-state index contributed by atoms with van der Waals surface area (Å²) in [6, 6.07) is 49.6. The summed E-state index contributed by atoms with van der Waals surface area (Å²) >= 11 is 0. The largest absolute Gasteiger partial charge is 0.481 e. The van der Waals surface area contributed by atoms with Crippen LogP contribution >= 0.6 is 0 Å². The molecule has 85 heavy (non-hydrogen) atoms. The highest BCUT2D eigenvalue weighted by Crippen LogP contribution is 2.45. The molecule has 8 aromatic rings. The van der Waals surface area contributed by atoms with E-state index in [0.717, 1.165) is 22.5 Å². The summed E-state index contributed by atoms with van der Waals surface area (Å²) < 4.78 is 32.0. The number of aliphatic hydroxyl groups is 4. The number of benzene rings is 6. The molecule has 6 aromatic carbocycles. The van der Waals surface area contributed by atoms with E-state index in [9.17, 15) is 48.4 Å². The van der Waals surface area contributed by atoms with Crippen molar-refractivity contribution in [2.45, 2.75) is 116 Å². The van der Waals surface area contributed by atoms with Gasteiger partial charge in [0, 0.05) is 47.0 Å². The Balaban J connectivity index is 0.000000352. The van der Waals surface area contributed by atoms with Gasteiger partial charge >= 0.3 is 11.9 Å². The number of amides is 2. The molecule has 2 aromatic heterocycles. The lowest BCUT2D eigenvalue weighted by Crippen LogP contribution is -2.22. The molecule has 0 saturated heterocycles. The van der Waals surface area contributed by atoms with Crippen molar-refractivity contribution in [3.8, 4) is 44.8 Å². The molecule has 2 heterocycles. The summed E-state index contributed by atoms with van der Waals surface area (Å²) in [7, 11) is 0. The molecular formula is C66H76F2N4O13. The Morgan fingerprint density at radius 2 is 0.718 bits per heavy atom. The van der Waals surface area contributed by atoms with E-state index >= 15 is 0 Å². The third-order valence-electron chi connectivity index (χ3n) is 13.9. The first-order chi connectivity index (χ1) is 39.3. The van der Waals surface area contributed by atoms with Gasteiger partial charge in [-0.3, -0.25) is 19.2 Å².